The fraction of sp³-hybridized carbons (Fsp3) is 0.400. The van der Waals surface area contributed by atoms with Gasteiger partial charge >= 0.3 is 6.61 Å². The van der Waals surface area contributed by atoms with E-state index in [0.29, 0.717) is 23.2 Å². The Morgan fingerprint density at radius 2 is 2.13 bits per heavy atom. The van der Waals surface area contributed by atoms with Crippen molar-refractivity contribution < 1.29 is 18.3 Å². The molecule has 1 aromatic carbocycles. The van der Waals surface area contributed by atoms with Gasteiger partial charge in [0.2, 0.25) is 0 Å². The maximum absolute atomic E-state index is 12.2. The van der Waals surface area contributed by atoms with Gasteiger partial charge in [-0.1, -0.05) is 28.1 Å². The van der Waals surface area contributed by atoms with E-state index in [0.717, 1.165) is 0 Å². The molecule has 84 valence electrons. The topological polar surface area (TPSA) is 18.5 Å². The Morgan fingerprint density at radius 3 is 2.67 bits per heavy atom. The van der Waals surface area contributed by atoms with Crippen LogP contribution in [0.2, 0.25) is 0 Å². The van der Waals surface area contributed by atoms with Gasteiger partial charge < -0.3 is 9.47 Å². The van der Waals surface area contributed by atoms with E-state index in [1.807, 2.05) is 0 Å². The predicted molar refractivity (Wildman–Crippen MR) is 56.9 cm³/mol. The van der Waals surface area contributed by atoms with Crippen LogP contribution in [0.25, 0.3) is 0 Å². The summed E-state index contributed by atoms with van der Waals surface area (Å²) in [5.41, 5.74) is 0.640. The first-order valence-electron chi connectivity index (χ1n) is 4.44. The summed E-state index contributed by atoms with van der Waals surface area (Å²) in [4.78, 5) is 0. The van der Waals surface area contributed by atoms with E-state index < -0.39 is 6.61 Å². The number of halogens is 3. The lowest BCUT2D eigenvalue weighted by atomic mass is 10.2. The number of ether oxygens (including phenoxy) is 2. The molecule has 0 saturated carbocycles. The maximum atomic E-state index is 12.2. The second-order valence-electron chi connectivity index (χ2n) is 2.69. The van der Waals surface area contributed by atoms with Crippen LogP contribution in [0.4, 0.5) is 8.78 Å². The summed E-state index contributed by atoms with van der Waals surface area (Å²) in [7, 11) is 0. The lowest BCUT2D eigenvalue weighted by molar-refractivity contribution is -0.0519. The van der Waals surface area contributed by atoms with Crippen molar-refractivity contribution in [1.82, 2.24) is 0 Å². The van der Waals surface area contributed by atoms with Gasteiger partial charge in [-0.3, -0.25) is 0 Å². The van der Waals surface area contributed by atoms with Crippen LogP contribution in [0.3, 0.4) is 0 Å². The molecule has 0 N–H and O–H groups in total. The summed E-state index contributed by atoms with van der Waals surface area (Å²) in [6, 6.07) is 5.04. The average Bonchev–Trinajstić information content (AvgIpc) is 2.20. The fourth-order valence-electron chi connectivity index (χ4n) is 1.16. The van der Waals surface area contributed by atoms with Crippen LogP contribution in [0, 0.1) is 0 Å². The summed E-state index contributed by atoms with van der Waals surface area (Å²) < 4.78 is 34.0. The van der Waals surface area contributed by atoms with Crippen LogP contribution in [0.5, 0.6) is 11.5 Å². The predicted octanol–water partition coefficient (Wildman–Crippen LogP) is 3.58. The molecule has 1 rings (SSSR count). The van der Waals surface area contributed by atoms with Crippen LogP contribution in [-0.2, 0) is 5.33 Å². The second kappa shape index (κ2) is 5.90. The summed E-state index contributed by atoms with van der Waals surface area (Å²) in [5, 5.41) is 0.440. The monoisotopic (exact) mass is 280 g/mol. The number of hydrogen-bond donors (Lipinski definition) is 0. The van der Waals surface area contributed by atoms with Gasteiger partial charge in [0.15, 0.2) is 11.5 Å². The normalized spacial score (nSPS) is 10.5. The van der Waals surface area contributed by atoms with Crippen molar-refractivity contribution in [3.8, 4) is 11.5 Å². The molecular formula is C10H11BrF2O2. The number of hydrogen-bond acceptors (Lipinski definition) is 2. The lowest BCUT2D eigenvalue weighted by Gasteiger charge is -2.13. The lowest BCUT2D eigenvalue weighted by Crippen LogP contribution is -2.06. The molecule has 0 aromatic heterocycles. The highest BCUT2D eigenvalue weighted by molar-refractivity contribution is 9.08. The standard InChI is InChI=1S/C10H11BrF2O2/c1-2-14-8-5-3-4-7(6-11)9(8)15-10(12)13/h3-5,10H,2,6H2,1H3. The highest BCUT2D eigenvalue weighted by Crippen LogP contribution is 2.33. The highest BCUT2D eigenvalue weighted by atomic mass is 79.9. The van der Waals surface area contributed by atoms with Gasteiger partial charge in [-0.15, -0.1) is 0 Å². The summed E-state index contributed by atoms with van der Waals surface area (Å²) in [5.74, 6) is 0.445. The van der Waals surface area contributed by atoms with Crippen LogP contribution >= 0.6 is 15.9 Å². The van der Waals surface area contributed by atoms with Crippen molar-refractivity contribution in [1.29, 1.82) is 0 Å². The molecule has 0 saturated heterocycles. The van der Waals surface area contributed by atoms with E-state index in [1.54, 1.807) is 25.1 Å². The minimum absolute atomic E-state index is 0.103. The van der Waals surface area contributed by atoms with Gasteiger partial charge in [0, 0.05) is 10.9 Å². The van der Waals surface area contributed by atoms with E-state index in [1.165, 1.54) is 0 Å². The summed E-state index contributed by atoms with van der Waals surface area (Å²) in [6.45, 7) is -0.650. The van der Waals surface area contributed by atoms with Gasteiger partial charge in [-0.25, -0.2) is 0 Å². The SMILES string of the molecule is CCOc1cccc(CBr)c1OC(F)F. The maximum Gasteiger partial charge on any atom is 0.387 e. The molecule has 0 aliphatic heterocycles. The number of para-hydroxylation sites is 1. The Balaban J connectivity index is 3.02. The van der Waals surface area contributed by atoms with E-state index in [-0.39, 0.29) is 5.75 Å². The molecule has 0 amide bonds. The van der Waals surface area contributed by atoms with Crippen molar-refractivity contribution in [3.05, 3.63) is 23.8 Å². The van der Waals surface area contributed by atoms with Crippen molar-refractivity contribution in [3.63, 3.8) is 0 Å². The molecule has 15 heavy (non-hydrogen) atoms. The van der Waals surface area contributed by atoms with Gasteiger partial charge in [0.1, 0.15) is 0 Å². The molecular weight excluding hydrogens is 270 g/mol. The first-order valence-corrected chi connectivity index (χ1v) is 5.56. The molecule has 0 atom stereocenters. The fourth-order valence-corrected chi connectivity index (χ4v) is 1.60. The van der Waals surface area contributed by atoms with E-state index in [9.17, 15) is 8.78 Å². The minimum Gasteiger partial charge on any atom is -0.490 e. The van der Waals surface area contributed by atoms with E-state index in [2.05, 4.69) is 20.7 Å². The molecule has 5 heteroatoms. The zero-order valence-electron chi connectivity index (χ0n) is 8.17. The van der Waals surface area contributed by atoms with Crippen LogP contribution in [-0.4, -0.2) is 13.2 Å². The minimum atomic E-state index is -2.84. The molecule has 0 aliphatic carbocycles. The van der Waals surface area contributed by atoms with E-state index in [4.69, 9.17) is 4.74 Å². The van der Waals surface area contributed by atoms with E-state index >= 15 is 0 Å². The molecule has 0 aliphatic rings. The van der Waals surface area contributed by atoms with Gasteiger partial charge in [0.05, 0.1) is 6.61 Å². The zero-order valence-corrected chi connectivity index (χ0v) is 9.76. The first kappa shape index (κ1) is 12.2. The largest absolute Gasteiger partial charge is 0.490 e. The molecule has 0 heterocycles. The number of benzene rings is 1. The Morgan fingerprint density at radius 1 is 1.40 bits per heavy atom. The third kappa shape index (κ3) is 3.34. The molecule has 2 nitrogen and oxygen atoms in total. The Labute approximate surface area is 95.3 Å². The van der Waals surface area contributed by atoms with Gasteiger partial charge in [0.25, 0.3) is 0 Å². The Kier molecular flexibility index (Phi) is 4.81. The van der Waals surface area contributed by atoms with Gasteiger partial charge in [-0.2, -0.15) is 8.78 Å². The summed E-state index contributed by atoms with van der Waals surface area (Å²) >= 11 is 3.20. The smallest absolute Gasteiger partial charge is 0.387 e. The molecule has 0 spiro atoms. The van der Waals surface area contributed by atoms with Crippen LogP contribution < -0.4 is 9.47 Å². The zero-order chi connectivity index (χ0) is 11.3. The number of rotatable bonds is 5. The number of alkyl halides is 3. The Hall–Kier alpha value is -0.840. The molecule has 0 fully saturated rings. The van der Waals surface area contributed by atoms with Crippen LogP contribution in [0.1, 0.15) is 12.5 Å². The molecule has 0 radical (unpaired) electrons. The third-order valence-corrected chi connectivity index (χ3v) is 2.32. The second-order valence-corrected chi connectivity index (χ2v) is 3.25. The van der Waals surface area contributed by atoms with Crippen molar-refractivity contribution in [2.45, 2.75) is 18.9 Å². The quantitative estimate of drug-likeness (QED) is 0.768. The van der Waals surface area contributed by atoms with Crippen LogP contribution in [0.15, 0.2) is 18.2 Å². The molecule has 0 bridgehead atoms. The van der Waals surface area contributed by atoms with Crippen molar-refractivity contribution in [2.75, 3.05) is 6.61 Å². The molecule has 0 unspecified atom stereocenters. The molecule has 1 aromatic rings. The van der Waals surface area contributed by atoms with Crippen molar-refractivity contribution >= 4 is 15.9 Å². The Bertz CT molecular complexity index is 318. The van der Waals surface area contributed by atoms with Gasteiger partial charge in [-0.05, 0) is 13.0 Å². The average molecular weight is 281 g/mol. The van der Waals surface area contributed by atoms with Crippen molar-refractivity contribution in [2.24, 2.45) is 0 Å². The summed E-state index contributed by atoms with van der Waals surface area (Å²) in [6.07, 6.45) is 0. The highest BCUT2D eigenvalue weighted by Gasteiger charge is 2.14. The third-order valence-electron chi connectivity index (χ3n) is 1.71. The first-order chi connectivity index (χ1) is 7.19.